The highest BCUT2D eigenvalue weighted by molar-refractivity contribution is 6.26. The first-order valence-electron chi connectivity index (χ1n) is 14.9. The average Bonchev–Trinajstić information content (AvgIpc) is 3.63. The minimum Gasteiger partial charge on any atom is -0.313 e. The number of nitrogens with zero attached hydrogens (tertiary/aromatic N) is 2. The molecule has 0 radical (unpaired) electrons. The summed E-state index contributed by atoms with van der Waals surface area (Å²) in [6.45, 7) is 2.41. The van der Waals surface area contributed by atoms with E-state index in [4.69, 9.17) is 0 Å². The molecule has 2 heteroatoms. The lowest BCUT2D eigenvalue weighted by Gasteiger charge is -2.21. The average molecular weight is 525 g/mol. The molecule has 1 atom stereocenters. The molecule has 1 aliphatic carbocycles. The topological polar surface area (TPSA) is 9.34 Å². The van der Waals surface area contributed by atoms with E-state index < -0.39 is 0 Å². The molecule has 41 heavy (non-hydrogen) atoms. The van der Waals surface area contributed by atoms with Gasteiger partial charge in [0.25, 0.3) is 0 Å². The van der Waals surface area contributed by atoms with E-state index in [0.717, 1.165) is 6.42 Å². The van der Waals surface area contributed by atoms with E-state index in [-0.39, 0.29) is 0 Å². The Morgan fingerprint density at radius 2 is 1.12 bits per heavy atom. The molecule has 1 aliphatic rings. The highest BCUT2D eigenvalue weighted by Crippen LogP contribution is 2.45. The molecule has 0 saturated carbocycles. The fraction of sp³-hybridized carbons (Fsp3) is 0.128. The predicted molar refractivity (Wildman–Crippen MR) is 174 cm³/mol. The largest absolute Gasteiger partial charge is 0.313 e. The molecule has 0 bridgehead atoms. The summed E-state index contributed by atoms with van der Waals surface area (Å²) in [6, 6.07) is 41.2. The summed E-state index contributed by atoms with van der Waals surface area (Å²) in [5.74, 6) is 0.587. The second kappa shape index (κ2) is 7.67. The van der Waals surface area contributed by atoms with E-state index in [2.05, 4.69) is 125 Å². The molecule has 0 fully saturated rings. The zero-order chi connectivity index (χ0) is 26.8. The lowest BCUT2D eigenvalue weighted by Crippen LogP contribution is -2.09. The number of hydrogen-bond acceptors (Lipinski definition) is 0. The van der Waals surface area contributed by atoms with Crippen molar-refractivity contribution in [3.63, 3.8) is 0 Å². The van der Waals surface area contributed by atoms with E-state index in [0.29, 0.717) is 5.92 Å². The van der Waals surface area contributed by atoms with Crippen molar-refractivity contribution in [3.05, 3.63) is 120 Å². The molecule has 0 N–H and O–H groups in total. The van der Waals surface area contributed by atoms with Crippen molar-refractivity contribution in [2.24, 2.45) is 0 Å². The number of aromatic nitrogens is 2. The SMILES string of the molecule is CC1CCCc2c1c1ccccc1n2-c1cc2c3cc4ccccc4cc3n3c4cc5ccccc5cc4c(c1)c23. The summed E-state index contributed by atoms with van der Waals surface area (Å²) in [6.07, 6.45) is 3.65. The van der Waals surface area contributed by atoms with Gasteiger partial charge in [0.15, 0.2) is 0 Å². The minimum absolute atomic E-state index is 0.587. The van der Waals surface area contributed by atoms with E-state index in [1.807, 2.05) is 0 Å². The van der Waals surface area contributed by atoms with Gasteiger partial charge in [0, 0.05) is 38.3 Å². The van der Waals surface area contributed by atoms with Gasteiger partial charge in [-0.05, 0) is 94.8 Å². The van der Waals surface area contributed by atoms with Gasteiger partial charge in [0.2, 0.25) is 0 Å². The van der Waals surface area contributed by atoms with Crippen LogP contribution in [0.15, 0.2) is 109 Å². The van der Waals surface area contributed by atoms with Crippen molar-refractivity contribution in [2.45, 2.75) is 32.1 Å². The third kappa shape index (κ3) is 2.77. The summed E-state index contributed by atoms with van der Waals surface area (Å²) in [7, 11) is 0. The Balaban J connectivity index is 1.43. The Bertz CT molecular complexity index is 2400. The number of rotatable bonds is 1. The maximum Gasteiger partial charge on any atom is 0.0622 e. The Hall–Kier alpha value is -4.82. The van der Waals surface area contributed by atoms with Crippen LogP contribution < -0.4 is 0 Å². The van der Waals surface area contributed by atoms with Crippen LogP contribution in [0.5, 0.6) is 0 Å². The van der Waals surface area contributed by atoms with Gasteiger partial charge in [0.1, 0.15) is 0 Å². The molecule has 10 rings (SSSR count). The second-order valence-corrected chi connectivity index (χ2v) is 12.2. The van der Waals surface area contributed by atoms with E-state index >= 15 is 0 Å². The Labute approximate surface area is 237 Å². The Morgan fingerprint density at radius 1 is 0.561 bits per heavy atom. The minimum atomic E-state index is 0.587. The molecule has 0 saturated heterocycles. The highest BCUT2D eigenvalue weighted by atomic mass is 15.0. The summed E-state index contributed by atoms with van der Waals surface area (Å²) in [5, 5.41) is 11.9. The molecule has 1 unspecified atom stereocenters. The molecule has 0 spiro atoms. The van der Waals surface area contributed by atoms with Crippen LogP contribution in [-0.2, 0) is 6.42 Å². The van der Waals surface area contributed by atoms with Gasteiger partial charge >= 0.3 is 0 Å². The van der Waals surface area contributed by atoms with Gasteiger partial charge in [-0.25, -0.2) is 0 Å². The van der Waals surface area contributed by atoms with Crippen molar-refractivity contribution in [3.8, 4) is 5.69 Å². The number of para-hydroxylation sites is 1. The molecular weight excluding hydrogens is 496 g/mol. The molecule has 3 heterocycles. The van der Waals surface area contributed by atoms with E-state index in [9.17, 15) is 0 Å². The van der Waals surface area contributed by atoms with E-state index in [1.54, 1.807) is 5.56 Å². The molecule has 194 valence electrons. The van der Waals surface area contributed by atoms with Crippen molar-refractivity contribution in [1.29, 1.82) is 0 Å². The first kappa shape index (κ1) is 21.9. The quantitative estimate of drug-likeness (QED) is 0.202. The Morgan fingerprint density at radius 3 is 1.76 bits per heavy atom. The van der Waals surface area contributed by atoms with Crippen molar-refractivity contribution in [2.75, 3.05) is 0 Å². The summed E-state index contributed by atoms with van der Waals surface area (Å²) in [4.78, 5) is 0. The third-order valence-corrected chi connectivity index (χ3v) is 9.93. The maximum absolute atomic E-state index is 2.60. The molecule has 2 nitrogen and oxygen atoms in total. The molecule has 0 aliphatic heterocycles. The summed E-state index contributed by atoms with van der Waals surface area (Å²) in [5.41, 5.74) is 9.60. The highest BCUT2D eigenvalue weighted by Gasteiger charge is 2.27. The van der Waals surface area contributed by atoms with Crippen molar-refractivity contribution in [1.82, 2.24) is 8.97 Å². The summed E-state index contributed by atoms with van der Waals surface area (Å²) < 4.78 is 5.13. The van der Waals surface area contributed by atoms with Crippen LogP contribution in [0.25, 0.3) is 76.2 Å². The van der Waals surface area contributed by atoms with Gasteiger partial charge in [0.05, 0.1) is 22.1 Å². The predicted octanol–water partition coefficient (Wildman–Crippen LogP) is 10.5. The fourth-order valence-corrected chi connectivity index (χ4v) is 8.16. The van der Waals surface area contributed by atoms with Crippen LogP contribution in [0.1, 0.15) is 36.9 Å². The zero-order valence-corrected chi connectivity index (χ0v) is 23.0. The normalized spacial score (nSPS) is 15.9. The van der Waals surface area contributed by atoms with Crippen molar-refractivity contribution < 1.29 is 0 Å². The number of hydrogen-bond donors (Lipinski definition) is 0. The zero-order valence-electron chi connectivity index (χ0n) is 23.0. The third-order valence-electron chi connectivity index (χ3n) is 9.93. The maximum atomic E-state index is 2.60. The van der Waals surface area contributed by atoms with Crippen LogP contribution in [0.3, 0.4) is 0 Å². The lowest BCUT2D eigenvalue weighted by atomic mass is 9.86. The van der Waals surface area contributed by atoms with Crippen molar-refractivity contribution >= 4 is 70.5 Å². The lowest BCUT2D eigenvalue weighted by molar-refractivity contribution is 0.581. The number of fused-ring (bicyclic) bond motifs is 11. The van der Waals surface area contributed by atoms with Gasteiger partial charge in [-0.2, -0.15) is 0 Å². The first-order valence-corrected chi connectivity index (χ1v) is 14.9. The van der Waals surface area contributed by atoms with Crippen LogP contribution in [0, 0.1) is 0 Å². The Kier molecular flexibility index (Phi) is 4.11. The van der Waals surface area contributed by atoms with Crippen LogP contribution >= 0.6 is 0 Å². The van der Waals surface area contributed by atoms with Gasteiger partial charge < -0.3 is 8.97 Å². The fourth-order valence-electron chi connectivity index (χ4n) is 8.16. The second-order valence-electron chi connectivity index (χ2n) is 12.2. The van der Waals surface area contributed by atoms with Gasteiger partial charge in [-0.3, -0.25) is 0 Å². The van der Waals surface area contributed by atoms with Crippen LogP contribution in [-0.4, -0.2) is 8.97 Å². The van der Waals surface area contributed by atoms with Crippen LogP contribution in [0.4, 0.5) is 0 Å². The summed E-state index contributed by atoms with van der Waals surface area (Å²) >= 11 is 0. The molecule has 9 aromatic rings. The van der Waals surface area contributed by atoms with Gasteiger partial charge in [-0.1, -0.05) is 73.7 Å². The monoisotopic (exact) mass is 524 g/mol. The van der Waals surface area contributed by atoms with Crippen LogP contribution in [0.2, 0.25) is 0 Å². The molecule has 6 aromatic carbocycles. The van der Waals surface area contributed by atoms with E-state index in [1.165, 1.54) is 94.8 Å². The number of benzene rings is 6. The first-order chi connectivity index (χ1) is 20.2. The standard InChI is InChI=1S/C39H28N2/c1-23-9-8-16-35-38(23)29-14-6-7-15-34(29)40(35)28-21-32-30-17-24-10-2-4-12-26(24)19-36(30)41-37-20-27-13-5-3-11-25(27)18-31(37)33(22-28)39(32)41/h2-7,10-15,17-23H,8-9,16H2,1H3. The molecule has 0 amide bonds. The molecular formula is C39H28N2. The smallest absolute Gasteiger partial charge is 0.0622 e. The van der Waals surface area contributed by atoms with Gasteiger partial charge in [-0.15, -0.1) is 0 Å². The molecule has 3 aromatic heterocycles.